The quantitative estimate of drug-likeness (QED) is 0.193. The zero-order chi connectivity index (χ0) is 28.3. The number of H-pyrrole nitrogens is 1. The van der Waals surface area contributed by atoms with Gasteiger partial charge >= 0.3 is 5.97 Å². The Morgan fingerprint density at radius 2 is 1.90 bits per heavy atom. The standard InChI is InChI=1S/C29H30N8O3/c1-4-5-10-25-31-24-15-16-36(18-30)29(19(2)38,28(39)40-3)26(24)37(25)17-20-11-13-21(14-12-20)22-8-6-7-9-23(22)27-32-34-35-33-27/h6-9,11-14H,4-5,10,15-17H2,1-3H3,(H,32,33,34,35). The number of carbonyl (C=O) groups is 2. The molecule has 0 saturated carbocycles. The molecule has 0 bridgehead atoms. The molecule has 11 heteroatoms. The van der Waals surface area contributed by atoms with Crippen LogP contribution in [0, 0.1) is 11.5 Å². The second kappa shape index (κ2) is 11.1. The van der Waals surface area contributed by atoms with Crippen LogP contribution in [0.15, 0.2) is 48.5 Å². The van der Waals surface area contributed by atoms with E-state index < -0.39 is 17.3 Å². The van der Waals surface area contributed by atoms with Crippen molar-refractivity contribution in [2.24, 2.45) is 0 Å². The van der Waals surface area contributed by atoms with E-state index in [-0.39, 0.29) is 6.54 Å². The topological polar surface area (TPSA) is 143 Å². The molecule has 0 spiro atoms. The molecule has 0 radical (unpaired) electrons. The van der Waals surface area contributed by atoms with Crippen LogP contribution in [0.25, 0.3) is 22.5 Å². The Kier molecular flexibility index (Phi) is 7.42. The first-order chi connectivity index (χ1) is 19.4. The van der Waals surface area contributed by atoms with Crippen LogP contribution in [0.1, 0.15) is 49.5 Å². The molecule has 4 aromatic rings. The number of nitrogens with one attached hydrogen (secondary N) is 1. The van der Waals surface area contributed by atoms with Crippen LogP contribution >= 0.6 is 0 Å². The number of methoxy groups -OCH3 is 1. The average molecular weight is 539 g/mol. The molecule has 1 N–H and O–H groups in total. The summed E-state index contributed by atoms with van der Waals surface area (Å²) >= 11 is 0. The van der Waals surface area contributed by atoms with Crippen molar-refractivity contribution in [1.82, 2.24) is 35.1 Å². The van der Waals surface area contributed by atoms with Crippen LogP contribution in [0.4, 0.5) is 0 Å². The number of benzene rings is 2. The first kappa shape index (κ1) is 26.7. The number of ketones is 1. The number of esters is 1. The summed E-state index contributed by atoms with van der Waals surface area (Å²) in [5.74, 6) is 0.0426. The van der Waals surface area contributed by atoms with Crippen molar-refractivity contribution in [2.45, 2.75) is 51.6 Å². The van der Waals surface area contributed by atoms with Crippen molar-refractivity contribution in [3.8, 4) is 28.7 Å². The molecule has 2 aromatic heterocycles. The fourth-order valence-corrected chi connectivity index (χ4v) is 5.50. The highest BCUT2D eigenvalue weighted by atomic mass is 16.5. The number of ether oxygens (including phenoxy) is 1. The lowest BCUT2D eigenvalue weighted by Crippen LogP contribution is -2.59. The SMILES string of the molecule is CCCCc1nc2c(n1Cc1ccc(-c3ccccc3-c3nn[nH]n3)cc1)C(C(C)=O)(C(=O)OC)N(C#N)CC2. The van der Waals surface area contributed by atoms with E-state index in [1.807, 2.05) is 53.1 Å². The van der Waals surface area contributed by atoms with Crippen LogP contribution in [0.2, 0.25) is 0 Å². The van der Waals surface area contributed by atoms with Crippen molar-refractivity contribution in [3.05, 3.63) is 71.3 Å². The van der Waals surface area contributed by atoms with E-state index in [1.54, 1.807) is 0 Å². The van der Waals surface area contributed by atoms with Crippen molar-refractivity contribution >= 4 is 11.8 Å². The number of aromatic nitrogens is 6. The van der Waals surface area contributed by atoms with Crippen LogP contribution in [-0.4, -0.2) is 60.5 Å². The number of rotatable bonds is 9. The van der Waals surface area contributed by atoms with Gasteiger partial charge in [-0.15, -0.1) is 10.2 Å². The maximum absolute atomic E-state index is 13.3. The number of unbranched alkanes of at least 4 members (excludes halogenated alkanes) is 1. The summed E-state index contributed by atoms with van der Waals surface area (Å²) in [6.45, 7) is 4.01. The van der Waals surface area contributed by atoms with Gasteiger partial charge < -0.3 is 9.30 Å². The second-order valence-corrected chi connectivity index (χ2v) is 9.75. The highest BCUT2D eigenvalue weighted by molar-refractivity contribution is 6.08. The molecule has 1 aliphatic heterocycles. The molecule has 40 heavy (non-hydrogen) atoms. The van der Waals surface area contributed by atoms with Gasteiger partial charge in [0.1, 0.15) is 5.82 Å². The molecule has 3 heterocycles. The van der Waals surface area contributed by atoms with Gasteiger partial charge in [-0.05, 0) is 35.2 Å². The fraction of sp³-hybridized carbons (Fsp3) is 0.345. The van der Waals surface area contributed by atoms with E-state index in [0.717, 1.165) is 40.9 Å². The summed E-state index contributed by atoms with van der Waals surface area (Å²) in [5, 5.41) is 24.4. The van der Waals surface area contributed by atoms with Crippen LogP contribution in [0.5, 0.6) is 0 Å². The largest absolute Gasteiger partial charge is 0.467 e. The summed E-state index contributed by atoms with van der Waals surface area (Å²) in [4.78, 5) is 32.7. The summed E-state index contributed by atoms with van der Waals surface area (Å²) in [7, 11) is 1.24. The van der Waals surface area contributed by atoms with Gasteiger partial charge in [0, 0.05) is 31.5 Å². The minimum atomic E-state index is -1.88. The van der Waals surface area contributed by atoms with Gasteiger partial charge in [0.25, 0.3) is 0 Å². The molecule has 0 saturated heterocycles. The Balaban J connectivity index is 1.59. The first-order valence-electron chi connectivity index (χ1n) is 13.2. The van der Waals surface area contributed by atoms with E-state index in [4.69, 9.17) is 9.72 Å². The maximum atomic E-state index is 13.3. The summed E-state index contributed by atoms with van der Waals surface area (Å²) in [5.41, 5.74) is 2.96. The number of imidazole rings is 1. The van der Waals surface area contributed by atoms with Crippen LogP contribution in [-0.2, 0) is 39.3 Å². The van der Waals surface area contributed by atoms with Gasteiger partial charge in [0.15, 0.2) is 12.0 Å². The minimum Gasteiger partial charge on any atom is -0.467 e. The third-order valence-corrected chi connectivity index (χ3v) is 7.42. The molecule has 0 amide bonds. The molecular formula is C29H30N8O3. The van der Waals surface area contributed by atoms with Gasteiger partial charge in [0.05, 0.1) is 18.5 Å². The number of hydrogen-bond acceptors (Lipinski definition) is 9. The Morgan fingerprint density at radius 1 is 1.15 bits per heavy atom. The van der Waals surface area contributed by atoms with Crippen molar-refractivity contribution in [1.29, 1.82) is 5.26 Å². The molecule has 1 aliphatic rings. The third kappa shape index (κ3) is 4.41. The molecule has 204 valence electrons. The molecule has 1 unspecified atom stereocenters. The molecule has 1 atom stereocenters. The lowest BCUT2D eigenvalue weighted by molar-refractivity contribution is -0.160. The van der Waals surface area contributed by atoms with Gasteiger partial charge in [-0.2, -0.15) is 10.5 Å². The van der Waals surface area contributed by atoms with Crippen LogP contribution in [0.3, 0.4) is 0 Å². The van der Waals surface area contributed by atoms with Crippen molar-refractivity contribution < 1.29 is 14.3 Å². The average Bonchev–Trinajstić information content (AvgIpc) is 3.64. The number of hydrogen-bond donors (Lipinski definition) is 1. The van der Waals surface area contributed by atoms with Crippen LogP contribution < -0.4 is 0 Å². The fourth-order valence-electron chi connectivity index (χ4n) is 5.50. The number of carbonyl (C=O) groups excluding carboxylic acids is 2. The zero-order valence-electron chi connectivity index (χ0n) is 22.7. The lowest BCUT2D eigenvalue weighted by atomic mass is 9.83. The molecule has 5 rings (SSSR count). The normalized spacial score (nSPS) is 16.3. The van der Waals surface area contributed by atoms with E-state index >= 15 is 0 Å². The first-order valence-corrected chi connectivity index (χ1v) is 13.2. The van der Waals surface area contributed by atoms with E-state index in [2.05, 4.69) is 33.7 Å². The second-order valence-electron chi connectivity index (χ2n) is 9.75. The van der Waals surface area contributed by atoms with Gasteiger partial charge in [-0.1, -0.05) is 61.9 Å². The third-order valence-electron chi connectivity index (χ3n) is 7.42. The predicted octanol–water partition coefficient (Wildman–Crippen LogP) is 3.42. The number of nitriles is 1. The van der Waals surface area contributed by atoms with Gasteiger partial charge in [0.2, 0.25) is 11.4 Å². The summed E-state index contributed by atoms with van der Waals surface area (Å²) in [6, 6.07) is 15.9. The molecular weight excluding hydrogens is 508 g/mol. The molecule has 11 nitrogen and oxygen atoms in total. The monoisotopic (exact) mass is 538 g/mol. The number of nitrogens with zero attached hydrogens (tertiary/aromatic N) is 7. The summed E-state index contributed by atoms with van der Waals surface area (Å²) in [6.07, 6.45) is 5.07. The van der Waals surface area contributed by atoms with E-state index in [0.29, 0.717) is 36.6 Å². The Bertz CT molecular complexity index is 1570. The summed E-state index contributed by atoms with van der Waals surface area (Å²) < 4.78 is 7.07. The number of fused-ring (bicyclic) bond motifs is 1. The number of Topliss-reactive ketones (excluding diaryl/α,β-unsaturated/α-hetero) is 1. The number of tetrazole rings is 1. The van der Waals surface area contributed by atoms with Gasteiger partial charge in [-0.25, -0.2) is 9.78 Å². The van der Waals surface area contributed by atoms with Crippen molar-refractivity contribution in [2.75, 3.05) is 13.7 Å². The molecule has 0 aliphatic carbocycles. The Labute approximate surface area is 231 Å². The van der Waals surface area contributed by atoms with Gasteiger partial charge in [-0.3, -0.25) is 9.69 Å². The zero-order valence-corrected chi connectivity index (χ0v) is 22.7. The minimum absolute atomic E-state index is 0.205. The molecule has 0 fully saturated rings. The number of aryl methyl sites for hydroxylation is 1. The highest BCUT2D eigenvalue weighted by Gasteiger charge is 2.57. The smallest absolute Gasteiger partial charge is 0.346 e. The van der Waals surface area contributed by atoms with Crippen molar-refractivity contribution in [3.63, 3.8) is 0 Å². The maximum Gasteiger partial charge on any atom is 0.346 e. The Hall–Kier alpha value is -4.85. The molecule has 2 aromatic carbocycles. The highest BCUT2D eigenvalue weighted by Crippen LogP contribution is 2.39. The Morgan fingerprint density at radius 3 is 2.52 bits per heavy atom. The predicted molar refractivity (Wildman–Crippen MR) is 145 cm³/mol. The van der Waals surface area contributed by atoms with E-state index in [9.17, 15) is 14.9 Å². The van der Waals surface area contributed by atoms with E-state index in [1.165, 1.54) is 18.9 Å². The number of aromatic amines is 1. The lowest BCUT2D eigenvalue weighted by Gasteiger charge is -2.40.